The highest BCUT2D eigenvalue weighted by atomic mass is 16.3. The van der Waals surface area contributed by atoms with Crippen molar-refractivity contribution in [1.82, 2.24) is 4.90 Å². The predicted octanol–water partition coefficient (Wildman–Crippen LogP) is 3.31. The highest BCUT2D eigenvalue weighted by molar-refractivity contribution is 5.91. The van der Waals surface area contributed by atoms with Crippen molar-refractivity contribution in [3.05, 3.63) is 48.3 Å². The Bertz CT molecular complexity index is 492. The van der Waals surface area contributed by atoms with E-state index in [1.54, 1.807) is 29.6 Å². The lowest BCUT2D eigenvalue weighted by atomic mass is 10.0. The summed E-state index contributed by atoms with van der Waals surface area (Å²) >= 11 is 0. The third-order valence-electron chi connectivity index (χ3n) is 2.71. The summed E-state index contributed by atoms with van der Waals surface area (Å²) < 4.78 is 10.2. The van der Waals surface area contributed by atoms with Crippen molar-refractivity contribution in [3.63, 3.8) is 0 Å². The first-order chi connectivity index (χ1) is 8.48. The Kier molecular flexibility index (Phi) is 3.28. The Hall–Kier alpha value is -1.97. The molecule has 0 aliphatic rings. The van der Waals surface area contributed by atoms with Crippen molar-refractivity contribution in [2.24, 2.45) is 0 Å². The SMILES string of the molecule is CC(C)(C)N(Cc1ccoc1)C(=O)c1ccco1. The van der Waals surface area contributed by atoms with Gasteiger partial charge in [-0.2, -0.15) is 0 Å². The van der Waals surface area contributed by atoms with E-state index < -0.39 is 0 Å². The second-order valence-electron chi connectivity index (χ2n) is 5.17. The van der Waals surface area contributed by atoms with Gasteiger partial charge in [-0.1, -0.05) is 0 Å². The first kappa shape index (κ1) is 12.5. The van der Waals surface area contributed by atoms with E-state index >= 15 is 0 Å². The minimum Gasteiger partial charge on any atom is -0.472 e. The van der Waals surface area contributed by atoms with Crippen LogP contribution in [0.15, 0.2) is 45.8 Å². The van der Waals surface area contributed by atoms with Crippen molar-refractivity contribution in [1.29, 1.82) is 0 Å². The maximum Gasteiger partial charge on any atom is 0.290 e. The zero-order valence-corrected chi connectivity index (χ0v) is 10.8. The molecule has 0 atom stereocenters. The quantitative estimate of drug-likeness (QED) is 0.835. The van der Waals surface area contributed by atoms with Crippen molar-refractivity contribution >= 4 is 5.91 Å². The number of carbonyl (C=O) groups excluding carboxylic acids is 1. The molecule has 96 valence electrons. The van der Waals surface area contributed by atoms with E-state index in [9.17, 15) is 4.79 Å². The molecule has 4 heteroatoms. The maximum atomic E-state index is 12.4. The summed E-state index contributed by atoms with van der Waals surface area (Å²) in [6.07, 6.45) is 4.76. The molecule has 0 radical (unpaired) electrons. The molecule has 2 aromatic rings. The molecule has 0 N–H and O–H groups in total. The molecule has 0 aliphatic carbocycles. The van der Waals surface area contributed by atoms with E-state index in [0.29, 0.717) is 12.3 Å². The van der Waals surface area contributed by atoms with Gasteiger partial charge in [0, 0.05) is 17.6 Å². The van der Waals surface area contributed by atoms with Crippen molar-refractivity contribution < 1.29 is 13.6 Å². The molecular formula is C14H17NO3. The first-order valence-electron chi connectivity index (χ1n) is 5.85. The molecule has 0 saturated heterocycles. The Morgan fingerprint density at radius 2 is 2.06 bits per heavy atom. The first-order valence-corrected chi connectivity index (χ1v) is 5.85. The van der Waals surface area contributed by atoms with Crippen molar-refractivity contribution in [3.8, 4) is 0 Å². The molecule has 0 spiro atoms. The molecule has 0 aromatic carbocycles. The van der Waals surface area contributed by atoms with Gasteiger partial charge in [0.1, 0.15) is 0 Å². The largest absolute Gasteiger partial charge is 0.472 e. The summed E-state index contributed by atoms with van der Waals surface area (Å²) in [5.74, 6) is 0.238. The Morgan fingerprint density at radius 3 is 2.56 bits per heavy atom. The number of hydrogen-bond donors (Lipinski definition) is 0. The van der Waals surface area contributed by atoms with Crippen LogP contribution in [0.4, 0.5) is 0 Å². The molecule has 2 aromatic heterocycles. The normalized spacial score (nSPS) is 11.5. The van der Waals surface area contributed by atoms with Gasteiger partial charge in [0.25, 0.3) is 5.91 Å². The second-order valence-corrected chi connectivity index (χ2v) is 5.17. The fourth-order valence-corrected chi connectivity index (χ4v) is 1.71. The van der Waals surface area contributed by atoms with Crippen LogP contribution in [0, 0.1) is 0 Å². The summed E-state index contributed by atoms with van der Waals surface area (Å²) in [5.41, 5.74) is 0.672. The zero-order valence-electron chi connectivity index (χ0n) is 10.8. The molecule has 0 saturated carbocycles. The number of nitrogens with zero attached hydrogens (tertiary/aromatic N) is 1. The van der Waals surface area contributed by atoms with E-state index in [1.165, 1.54) is 6.26 Å². The van der Waals surface area contributed by atoms with Crippen LogP contribution in [0.1, 0.15) is 36.9 Å². The molecule has 4 nitrogen and oxygen atoms in total. The Balaban J connectivity index is 2.23. The van der Waals surface area contributed by atoms with Gasteiger partial charge in [0.05, 0.1) is 18.8 Å². The summed E-state index contributed by atoms with van der Waals surface area (Å²) in [6.45, 7) is 6.48. The van der Waals surface area contributed by atoms with Crippen LogP contribution in [0.3, 0.4) is 0 Å². The fraction of sp³-hybridized carbons (Fsp3) is 0.357. The summed E-state index contributed by atoms with van der Waals surface area (Å²) in [7, 11) is 0. The topological polar surface area (TPSA) is 46.6 Å². The average molecular weight is 247 g/mol. The van der Waals surface area contributed by atoms with Crippen LogP contribution < -0.4 is 0 Å². The lowest BCUT2D eigenvalue weighted by Gasteiger charge is -2.34. The van der Waals surface area contributed by atoms with Crippen LogP contribution in [0.25, 0.3) is 0 Å². The molecule has 1 amide bonds. The fourth-order valence-electron chi connectivity index (χ4n) is 1.71. The van der Waals surface area contributed by atoms with E-state index in [2.05, 4.69) is 0 Å². The highest BCUT2D eigenvalue weighted by Crippen LogP contribution is 2.21. The van der Waals surface area contributed by atoms with Gasteiger partial charge in [-0.05, 0) is 39.0 Å². The number of carbonyl (C=O) groups is 1. The van der Waals surface area contributed by atoms with E-state index in [1.807, 2.05) is 26.8 Å². The molecule has 0 aliphatic heterocycles. The Labute approximate surface area is 106 Å². The molecule has 0 fully saturated rings. The van der Waals surface area contributed by atoms with Gasteiger partial charge >= 0.3 is 0 Å². The summed E-state index contributed by atoms with van der Waals surface area (Å²) in [5, 5.41) is 0. The number of amides is 1. The zero-order chi connectivity index (χ0) is 13.2. The summed E-state index contributed by atoms with van der Waals surface area (Å²) in [6, 6.07) is 5.25. The monoisotopic (exact) mass is 247 g/mol. The second kappa shape index (κ2) is 4.72. The smallest absolute Gasteiger partial charge is 0.290 e. The van der Waals surface area contributed by atoms with Crippen LogP contribution in [0.5, 0.6) is 0 Å². The summed E-state index contributed by atoms with van der Waals surface area (Å²) in [4.78, 5) is 14.1. The van der Waals surface area contributed by atoms with Crippen LogP contribution in [0.2, 0.25) is 0 Å². The van der Waals surface area contributed by atoms with Crippen molar-refractivity contribution in [2.45, 2.75) is 32.9 Å². The molecule has 0 unspecified atom stereocenters. The maximum absolute atomic E-state index is 12.4. The van der Waals surface area contributed by atoms with Crippen LogP contribution in [-0.4, -0.2) is 16.3 Å². The third-order valence-corrected chi connectivity index (χ3v) is 2.71. The van der Waals surface area contributed by atoms with Gasteiger partial charge in [0.2, 0.25) is 0 Å². The van der Waals surface area contributed by atoms with E-state index in [0.717, 1.165) is 5.56 Å². The number of hydrogen-bond acceptors (Lipinski definition) is 3. The predicted molar refractivity (Wildman–Crippen MR) is 67.0 cm³/mol. The van der Waals surface area contributed by atoms with Gasteiger partial charge in [-0.15, -0.1) is 0 Å². The third kappa shape index (κ3) is 2.64. The van der Waals surface area contributed by atoms with E-state index in [4.69, 9.17) is 8.83 Å². The van der Waals surface area contributed by atoms with Gasteiger partial charge < -0.3 is 13.7 Å². The van der Waals surface area contributed by atoms with Gasteiger partial charge in [0.15, 0.2) is 5.76 Å². The standard InChI is InChI=1S/C14H17NO3/c1-14(2,3)15(9-11-6-8-17-10-11)13(16)12-5-4-7-18-12/h4-8,10H,9H2,1-3H3. The van der Waals surface area contributed by atoms with Crippen LogP contribution >= 0.6 is 0 Å². The minimum atomic E-state index is -0.291. The minimum absolute atomic E-state index is 0.117. The number of rotatable bonds is 3. The van der Waals surface area contributed by atoms with Crippen molar-refractivity contribution in [2.75, 3.05) is 0 Å². The van der Waals surface area contributed by atoms with Gasteiger partial charge in [-0.3, -0.25) is 4.79 Å². The molecule has 0 bridgehead atoms. The molecule has 18 heavy (non-hydrogen) atoms. The van der Waals surface area contributed by atoms with Gasteiger partial charge in [-0.25, -0.2) is 0 Å². The molecular weight excluding hydrogens is 230 g/mol. The highest BCUT2D eigenvalue weighted by Gasteiger charge is 2.29. The lowest BCUT2D eigenvalue weighted by Crippen LogP contribution is -2.44. The van der Waals surface area contributed by atoms with Crippen LogP contribution in [-0.2, 0) is 6.54 Å². The average Bonchev–Trinajstić information content (AvgIpc) is 2.96. The Morgan fingerprint density at radius 1 is 1.28 bits per heavy atom. The molecule has 2 heterocycles. The lowest BCUT2D eigenvalue weighted by molar-refractivity contribution is 0.0525. The van der Waals surface area contributed by atoms with E-state index in [-0.39, 0.29) is 11.4 Å². The molecule has 2 rings (SSSR count). The number of furan rings is 2.